The molecule has 0 aliphatic carbocycles. The maximum Gasteiger partial charge on any atom is 0.481 e. The molecule has 2 rings (SSSR count). The zero-order valence-corrected chi connectivity index (χ0v) is 28.9. The van der Waals surface area contributed by atoms with E-state index < -0.39 is 70.6 Å². The van der Waals surface area contributed by atoms with Gasteiger partial charge in [-0.1, -0.05) is 88.4 Å². The number of nitrogens with two attached hydrogens (primary N) is 1. The second-order valence-electron chi connectivity index (χ2n) is 11.6. The number of aliphatic hydroxyl groups is 1. The van der Waals surface area contributed by atoms with E-state index in [9.17, 15) is 33.6 Å². The van der Waals surface area contributed by atoms with Crippen LogP contribution in [0.15, 0.2) is 33.1 Å². The number of aromatic nitrogens is 2. The summed E-state index contributed by atoms with van der Waals surface area (Å²) in [6, 6.07) is -2.11. The van der Waals surface area contributed by atoms with Gasteiger partial charge >= 0.3 is 21.3 Å². The summed E-state index contributed by atoms with van der Waals surface area (Å²) in [6.07, 6.45) is 15.2. The Hall–Kier alpha value is -2.13. The van der Waals surface area contributed by atoms with Crippen molar-refractivity contribution in [3.05, 3.63) is 55.2 Å². The van der Waals surface area contributed by atoms with E-state index in [1.807, 2.05) is 0 Å². The second kappa shape index (κ2) is 21.1. The van der Waals surface area contributed by atoms with Crippen molar-refractivity contribution in [2.45, 2.75) is 128 Å². The number of aromatic amines is 1. The number of aryl methyl sites for hydroxylation is 1. The number of hydrogen-bond donors (Lipinski definition) is 5. The third-order valence-electron chi connectivity index (χ3n) is 7.64. The summed E-state index contributed by atoms with van der Waals surface area (Å²) in [4.78, 5) is 48.7. The van der Waals surface area contributed by atoms with Gasteiger partial charge in [0.1, 0.15) is 6.23 Å². The first-order chi connectivity index (χ1) is 22.3. The summed E-state index contributed by atoms with van der Waals surface area (Å²) in [6.45, 7) is 2.26. The number of azide groups is 1. The van der Waals surface area contributed by atoms with Crippen LogP contribution in [-0.2, 0) is 27.2 Å². The van der Waals surface area contributed by atoms with Gasteiger partial charge in [0, 0.05) is 23.1 Å². The normalized spacial score (nSPS) is 22.0. The lowest BCUT2D eigenvalue weighted by molar-refractivity contribution is -0.0269. The van der Waals surface area contributed by atoms with E-state index in [2.05, 4.69) is 26.2 Å². The van der Waals surface area contributed by atoms with Crippen molar-refractivity contribution in [3.63, 3.8) is 0 Å². The fourth-order valence-electron chi connectivity index (χ4n) is 4.95. The van der Waals surface area contributed by atoms with Gasteiger partial charge in [0.15, 0.2) is 0 Å². The van der Waals surface area contributed by atoms with Gasteiger partial charge in [-0.15, -0.1) is 0 Å². The number of phosphoric acid groups is 2. The zero-order valence-electron chi connectivity index (χ0n) is 27.1. The predicted octanol–water partition coefficient (Wildman–Crippen LogP) is 5.01. The van der Waals surface area contributed by atoms with Crippen LogP contribution in [0.25, 0.3) is 10.4 Å². The molecule has 1 aromatic rings. The first kappa shape index (κ1) is 41.0. The minimum Gasteiger partial charge on any atom is -0.387 e. The lowest BCUT2D eigenvalue weighted by Gasteiger charge is -2.21. The molecule has 1 aliphatic rings. The molecule has 0 bridgehead atoms. The van der Waals surface area contributed by atoms with Crippen LogP contribution >= 0.6 is 15.6 Å². The minimum atomic E-state index is -5.24. The highest BCUT2D eigenvalue weighted by Crippen LogP contribution is 2.60. The molecule has 1 fully saturated rings. The van der Waals surface area contributed by atoms with Crippen LogP contribution in [0.5, 0.6) is 0 Å². The maximum atomic E-state index is 12.4. The van der Waals surface area contributed by atoms with Gasteiger partial charge in [-0.25, -0.2) is 13.9 Å². The van der Waals surface area contributed by atoms with Gasteiger partial charge < -0.3 is 25.4 Å². The van der Waals surface area contributed by atoms with Crippen molar-refractivity contribution in [1.82, 2.24) is 9.55 Å². The van der Waals surface area contributed by atoms with Crippen molar-refractivity contribution in [2.75, 3.05) is 13.2 Å². The van der Waals surface area contributed by atoms with Crippen LogP contribution < -0.4 is 17.0 Å². The van der Waals surface area contributed by atoms with Crippen LogP contribution in [0.2, 0.25) is 0 Å². The lowest BCUT2D eigenvalue weighted by atomic mass is 10.0. The molecule has 1 aromatic heterocycles. The molecule has 47 heavy (non-hydrogen) atoms. The average molecular weight is 709 g/mol. The number of hydrogen-bond acceptors (Lipinski definition) is 11. The molecule has 0 aromatic carbocycles. The smallest absolute Gasteiger partial charge is 0.387 e. The van der Waals surface area contributed by atoms with E-state index in [4.69, 9.17) is 25.0 Å². The highest BCUT2D eigenvalue weighted by Gasteiger charge is 2.41. The molecule has 268 valence electrons. The second-order valence-corrected chi connectivity index (χ2v) is 14.7. The minimum absolute atomic E-state index is 0.0460. The summed E-state index contributed by atoms with van der Waals surface area (Å²) in [5.74, 6) is 0. The maximum absolute atomic E-state index is 12.4. The summed E-state index contributed by atoms with van der Waals surface area (Å²) < 4.78 is 45.3. The molecule has 6 N–H and O–H groups in total. The molecule has 0 radical (unpaired) electrons. The highest BCUT2D eigenvalue weighted by molar-refractivity contribution is 7.61. The predicted molar refractivity (Wildman–Crippen MR) is 174 cm³/mol. The largest absolute Gasteiger partial charge is 0.481 e. The number of aliphatic hydroxyl groups excluding tert-OH is 1. The first-order valence-electron chi connectivity index (χ1n) is 16.1. The molecule has 19 heteroatoms. The van der Waals surface area contributed by atoms with Gasteiger partial charge in [-0.3, -0.25) is 23.4 Å². The van der Waals surface area contributed by atoms with E-state index in [0.717, 1.165) is 30.3 Å². The summed E-state index contributed by atoms with van der Waals surface area (Å²) in [5, 5.41) is 13.8. The third kappa shape index (κ3) is 15.8. The Labute approximate surface area is 274 Å². The number of rotatable bonds is 24. The monoisotopic (exact) mass is 708 g/mol. The number of nitrogens with one attached hydrogen (secondary N) is 1. The Morgan fingerprint density at radius 3 is 2.32 bits per heavy atom. The van der Waals surface area contributed by atoms with Crippen LogP contribution in [0, 0.1) is 6.92 Å². The summed E-state index contributed by atoms with van der Waals surface area (Å²) >= 11 is 0. The summed E-state index contributed by atoms with van der Waals surface area (Å²) in [7, 11) is -10.4. The van der Waals surface area contributed by atoms with Crippen molar-refractivity contribution in [3.8, 4) is 0 Å². The molecule has 2 unspecified atom stereocenters. The molecular weight excluding hydrogens is 658 g/mol. The van der Waals surface area contributed by atoms with Crippen LogP contribution in [0.1, 0.15) is 102 Å². The van der Waals surface area contributed by atoms with E-state index in [1.165, 1.54) is 70.6 Å². The highest BCUT2D eigenvalue weighted by atomic mass is 31.3. The Kier molecular flexibility index (Phi) is 18.4. The lowest BCUT2D eigenvalue weighted by Crippen LogP contribution is -2.37. The Balaban J connectivity index is 1.73. The van der Waals surface area contributed by atoms with E-state index in [-0.39, 0.29) is 12.0 Å². The Bertz CT molecular complexity index is 1380. The third-order valence-corrected chi connectivity index (χ3v) is 10.2. The van der Waals surface area contributed by atoms with Gasteiger partial charge in [-0.2, -0.15) is 4.31 Å². The van der Waals surface area contributed by atoms with E-state index in [1.54, 1.807) is 6.08 Å². The van der Waals surface area contributed by atoms with E-state index >= 15 is 0 Å². The van der Waals surface area contributed by atoms with E-state index in [0.29, 0.717) is 0 Å². The van der Waals surface area contributed by atoms with Crippen molar-refractivity contribution >= 4 is 15.6 Å². The van der Waals surface area contributed by atoms with Gasteiger partial charge in [0.25, 0.3) is 5.56 Å². The van der Waals surface area contributed by atoms with Gasteiger partial charge in [-0.05, 0) is 25.3 Å². The number of nitrogens with zero attached hydrogens (tertiary/aromatic N) is 4. The Morgan fingerprint density at radius 2 is 1.70 bits per heavy atom. The SMILES string of the molecule is CCCCCCCCCCCCC/C=C/[C@@H](O)[C@@H](N)COP(=O)(O)OP(=O)(O)OC[C@H]1O[C@@H](n2cc(C)c(=O)[nH]c2=O)C[C@H]1N=[N+]=[N-]. The molecule has 0 amide bonds. The van der Waals surface area contributed by atoms with Gasteiger partial charge in [0.05, 0.1) is 37.5 Å². The standard InChI is InChI=1S/C28H50N6O11P2/c1-3-4-5-6-7-8-9-10-11-12-13-14-15-16-24(35)22(29)19-42-46(38,39)45-47(40,41)43-20-25-23(32-33-30)17-26(44-25)34-18-21(2)27(36)31-28(34)37/h15-16,18,22-26,35H,3-14,17,19-20,29H2,1-2H3,(H,38,39)(H,40,41)(H,31,36,37)/b16-15+/t22-,23+,24+,25+,26+/m0/s1. The van der Waals surface area contributed by atoms with Crippen molar-refractivity contribution in [2.24, 2.45) is 10.8 Å². The van der Waals surface area contributed by atoms with Crippen molar-refractivity contribution < 1.29 is 42.1 Å². The summed E-state index contributed by atoms with van der Waals surface area (Å²) in [5.41, 5.74) is 13.6. The fraction of sp³-hybridized carbons (Fsp3) is 0.786. The number of H-pyrrole nitrogens is 1. The number of phosphoric ester groups is 2. The number of allylic oxidation sites excluding steroid dienone is 1. The topological polar surface area (TPSA) is 261 Å². The molecule has 2 heterocycles. The molecule has 0 spiro atoms. The molecule has 7 atom stereocenters. The van der Waals surface area contributed by atoms with Crippen molar-refractivity contribution in [1.29, 1.82) is 0 Å². The van der Waals surface area contributed by atoms with Crippen LogP contribution in [-0.4, -0.2) is 61.9 Å². The number of unbranched alkanes of at least 4 members (excludes halogenated alkanes) is 11. The molecule has 1 saturated heterocycles. The number of ether oxygens (including phenoxy) is 1. The Morgan fingerprint density at radius 1 is 1.11 bits per heavy atom. The molecular formula is C28H50N6O11P2. The fourth-order valence-corrected chi connectivity index (χ4v) is 7.07. The molecule has 17 nitrogen and oxygen atoms in total. The van der Waals surface area contributed by atoms with Gasteiger partial charge in [0.2, 0.25) is 0 Å². The average Bonchev–Trinajstić information content (AvgIpc) is 3.41. The van der Waals surface area contributed by atoms with Crippen LogP contribution in [0.3, 0.4) is 0 Å². The van der Waals surface area contributed by atoms with Crippen LogP contribution in [0.4, 0.5) is 0 Å². The quantitative estimate of drug-likeness (QED) is 0.0237. The molecule has 0 saturated carbocycles. The molecule has 1 aliphatic heterocycles. The first-order valence-corrected chi connectivity index (χ1v) is 19.1. The zero-order chi connectivity index (χ0) is 34.9.